The van der Waals surface area contributed by atoms with Crippen LogP contribution in [0.2, 0.25) is 0 Å². The molecule has 6 heteroatoms. The Morgan fingerprint density at radius 2 is 1.89 bits per heavy atom. The topological polar surface area (TPSA) is 96.2 Å². The highest BCUT2D eigenvalue weighted by Crippen LogP contribution is 2.21. The maximum absolute atomic E-state index is 11.4. The summed E-state index contributed by atoms with van der Waals surface area (Å²) in [6, 6.07) is 8.55. The molecule has 1 saturated heterocycles. The molecule has 0 saturated carbocycles. The van der Waals surface area contributed by atoms with Crippen molar-refractivity contribution in [3.63, 3.8) is 0 Å². The first-order chi connectivity index (χ1) is 8.63. The van der Waals surface area contributed by atoms with E-state index in [0.29, 0.717) is 5.75 Å². The molecule has 18 heavy (non-hydrogen) atoms. The minimum atomic E-state index is -1.62. The van der Waals surface area contributed by atoms with Crippen LogP contribution in [0.3, 0.4) is 0 Å². The van der Waals surface area contributed by atoms with E-state index in [-0.39, 0.29) is 0 Å². The van der Waals surface area contributed by atoms with Crippen LogP contribution in [0.25, 0.3) is 0 Å². The summed E-state index contributed by atoms with van der Waals surface area (Å²) in [5.74, 6) is -0.322. The summed E-state index contributed by atoms with van der Waals surface area (Å²) >= 11 is 0. The summed E-state index contributed by atoms with van der Waals surface area (Å²) < 4.78 is 10.4. The van der Waals surface area contributed by atoms with Crippen LogP contribution in [-0.4, -0.2) is 52.3 Å². The molecule has 1 aromatic carbocycles. The highest BCUT2D eigenvalue weighted by atomic mass is 16.7. The fourth-order valence-electron chi connectivity index (χ4n) is 1.68. The van der Waals surface area contributed by atoms with E-state index in [1.54, 1.807) is 30.3 Å². The zero-order chi connectivity index (χ0) is 13.1. The van der Waals surface area contributed by atoms with Crippen LogP contribution >= 0.6 is 0 Å². The lowest BCUT2D eigenvalue weighted by molar-refractivity contribution is -0.230. The smallest absolute Gasteiger partial charge is 0.229 e. The lowest BCUT2D eigenvalue weighted by atomic mass is 10.0. The third-order valence-corrected chi connectivity index (χ3v) is 2.67. The van der Waals surface area contributed by atoms with Gasteiger partial charge in [-0.15, -0.1) is 0 Å². The SMILES string of the molecule is O=C1[C@@H](CO)O[C@H](Oc2ccccc2)[C@H](O)[C@H]1O. The van der Waals surface area contributed by atoms with Crippen LogP contribution < -0.4 is 4.74 Å². The first-order valence-electron chi connectivity index (χ1n) is 5.51. The number of ketones is 1. The Morgan fingerprint density at radius 1 is 1.22 bits per heavy atom. The molecule has 2 rings (SSSR count). The highest BCUT2D eigenvalue weighted by Gasteiger charge is 2.44. The molecule has 4 atom stereocenters. The minimum absolute atomic E-state index is 0.430. The number of rotatable bonds is 3. The Hall–Kier alpha value is -1.47. The number of benzene rings is 1. The van der Waals surface area contributed by atoms with E-state index >= 15 is 0 Å². The second-order valence-electron chi connectivity index (χ2n) is 3.94. The number of aliphatic hydroxyl groups is 3. The molecule has 0 radical (unpaired) electrons. The Balaban J connectivity index is 2.10. The van der Waals surface area contributed by atoms with E-state index in [9.17, 15) is 15.0 Å². The summed E-state index contributed by atoms with van der Waals surface area (Å²) in [5.41, 5.74) is 0. The number of ether oxygens (including phenoxy) is 2. The largest absolute Gasteiger partial charge is 0.462 e. The van der Waals surface area contributed by atoms with Gasteiger partial charge in [-0.1, -0.05) is 18.2 Å². The molecule has 0 aliphatic carbocycles. The molecule has 0 amide bonds. The lowest BCUT2D eigenvalue weighted by Crippen LogP contribution is -2.57. The number of hydrogen-bond acceptors (Lipinski definition) is 6. The average molecular weight is 254 g/mol. The van der Waals surface area contributed by atoms with Crippen molar-refractivity contribution in [2.45, 2.75) is 24.6 Å². The van der Waals surface area contributed by atoms with Gasteiger partial charge >= 0.3 is 0 Å². The molecular weight excluding hydrogens is 240 g/mol. The van der Waals surface area contributed by atoms with Crippen LogP contribution in [0, 0.1) is 0 Å². The van der Waals surface area contributed by atoms with Crippen molar-refractivity contribution in [1.29, 1.82) is 0 Å². The molecule has 0 aromatic heterocycles. The monoisotopic (exact) mass is 254 g/mol. The van der Waals surface area contributed by atoms with Gasteiger partial charge in [0, 0.05) is 0 Å². The number of para-hydroxylation sites is 1. The molecule has 1 aromatic rings. The Bertz CT molecular complexity index is 402. The molecule has 1 aliphatic rings. The van der Waals surface area contributed by atoms with Crippen molar-refractivity contribution in [1.82, 2.24) is 0 Å². The van der Waals surface area contributed by atoms with Crippen LogP contribution in [0.1, 0.15) is 0 Å². The second kappa shape index (κ2) is 5.45. The summed E-state index contributed by atoms with van der Waals surface area (Å²) in [6.45, 7) is -0.572. The molecule has 6 nitrogen and oxygen atoms in total. The lowest BCUT2D eigenvalue weighted by Gasteiger charge is -2.35. The first-order valence-corrected chi connectivity index (χ1v) is 5.51. The molecule has 0 unspecified atom stereocenters. The van der Waals surface area contributed by atoms with Crippen LogP contribution in [0.15, 0.2) is 30.3 Å². The molecule has 98 valence electrons. The van der Waals surface area contributed by atoms with Gasteiger partial charge in [0.1, 0.15) is 24.1 Å². The van der Waals surface area contributed by atoms with Gasteiger partial charge in [0.05, 0.1) is 6.61 Å². The van der Waals surface area contributed by atoms with E-state index in [1.165, 1.54) is 0 Å². The predicted octanol–water partition coefficient (Wildman–Crippen LogP) is -0.927. The maximum Gasteiger partial charge on any atom is 0.229 e. The standard InChI is InChI=1S/C12H14O6/c13-6-8-9(14)10(15)11(16)12(18-8)17-7-4-2-1-3-5-7/h1-5,8,10-13,15-16H,6H2/t8-,10+,11-,12+/m1/s1. The highest BCUT2D eigenvalue weighted by molar-refractivity contribution is 5.88. The van der Waals surface area contributed by atoms with Gasteiger partial charge in [0.15, 0.2) is 5.78 Å². The van der Waals surface area contributed by atoms with Crippen LogP contribution in [0.4, 0.5) is 0 Å². The molecule has 3 N–H and O–H groups in total. The van der Waals surface area contributed by atoms with E-state index in [0.717, 1.165) is 0 Å². The predicted molar refractivity (Wildman–Crippen MR) is 59.8 cm³/mol. The third-order valence-electron chi connectivity index (χ3n) is 2.67. The van der Waals surface area contributed by atoms with Gasteiger partial charge in [-0.2, -0.15) is 0 Å². The quantitative estimate of drug-likeness (QED) is 0.645. The van der Waals surface area contributed by atoms with E-state index < -0.39 is 37.0 Å². The minimum Gasteiger partial charge on any atom is -0.462 e. The second-order valence-corrected chi connectivity index (χ2v) is 3.94. The maximum atomic E-state index is 11.4. The fraction of sp³-hybridized carbons (Fsp3) is 0.417. The summed E-state index contributed by atoms with van der Waals surface area (Å²) in [6.07, 6.45) is -5.49. The van der Waals surface area contributed by atoms with Crippen molar-refractivity contribution in [3.05, 3.63) is 30.3 Å². The molecule has 1 heterocycles. The van der Waals surface area contributed by atoms with Crippen molar-refractivity contribution in [2.75, 3.05) is 6.61 Å². The van der Waals surface area contributed by atoms with Gasteiger partial charge in [-0.3, -0.25) is 4.79 Å². The summed E-state index contributed by atoms with van der Waals surface area (Å²) in [5, 5.41) is 28.2. The normalized spacial score (nSPS) is 32.3. The van der Waals surface area contributed by atoms with Crippen molar-refractivity contribution in [2.24, 2.45) is 0 Å². The molecule has 0 bridgehead atoms. The number of carbonyl (C=O) groups is 1. The Kier molecular flexibility index (Phi) is 3.93. The van der Waals surface area contributed by atoms with Gasteiger partial charge < -0.3 is 24.8 Å². The molecule has 1 aliphatic heterocycles. The summed E-state index contributed by atoms with van der Waals surface area (Å²) in [7, 11) is 0. The number of aliphatic hydroxyl groups excluding tert-OH is 3. The average Bonchev–Trinajstić information content (AvgIpc) is 2.40. The Morgan fingerprint density at radius 3 is 2.50 bits per heavy atom. The van der Waals surface area contributed by atoms with Gasteiger partial charge in [-0.05, 0) is 12.1 Å². The van der Waals surface area contributed by atoms with Crippen molar-refractivity contribution < 1.29 is 29.6 Å². The fourth-order valence-corrected chi connectivity index (χ4v) is 1.68. The van der Waals surface area contributed by atoms with E-state index in [1.807, 2.05) is 0 Å². The van der Waals surface area contributed by atoms with Gasteiger partial charge in [0.2, 0.25) is 6.29 Å². The van der Waals surface area contributed by atoms with Gasteiger partial charge in [0.25, 0.3) is 0 Å². The Labute approximate surface area is 103 Å². The first kappa shape index (κ1) is 13.0. The molecule has 0 spiro atoms. The van der Waals surface area contributed by atoms with Crippen molar-refractivity contribution in [3.8, 4) is 5.75 Å². The van der Waals surface area contributed by atoms with Gasteiger partial charge in [-0.25, -0.2) is 0 Å². The number of carbonyl (C=O) groups excluding carboxylic acids is 1. The zero-order valence-electron chi connectivity index (χ0n) is 9.47. The summed E-state index contributed by atoms with van der Waals surface area (Å²) in [4.78, 5) is 11.4. The van der Waals surface area contributed by atoms with Crippen LogP contribution in [0.5, 0.6) is 5.75 Å². The number of hydrogen-bond donors (Lipinski definition) is 3. The molecular formula is C12H14O6. The number of Topliss-reactive ketones (excluding diaryl/α,β-unsaturated/α-hetero) is 1. The van der Waals surface area contributed by atoms with Crippen LogP contribution in [-0.2, 0) is 9.53 Å². The third kappa shape index (κ3) is 2.51. The zero-order valence-corrected chi connectivity index (χ0v) is 9.47. The van der Waals surface area contributed by atoms with E-state index in [4.69, 9.17) is 14.6 Å². The molecule has 1 fully saturated rings. The van der Waals surface area contributed by atoms with Crippen molar-refractivity contribution >= 4 is 5.78 Å². The van der Waals surface area contributed by atoms with E-state index in [2.05, 4.69) is 0 Å².